The highest BCUT2D eigenvalue weighted by molar-refractivity contribution is 7.71. The second kappa shape index (κ2) is 3.48. The lowest BCUT2D eigenvalue weighted by molar-refractivity contribution is 0.232. The predicted molar refractivity (Wildman–Crippen MR) is 45.2 cm³/mol. The molecule has 1 aromatic rings. The van der Waals surface area contributed by atoms with Gasteiger partial charge in [-0.3, -0.25) is 0 Å². The molecule has 0 aliphatic heterocycles. The molecule has 0 saturated heterocycles. The molecule has 0 saturated carbocycles. The van der Waals surface area contributed by atoms with Gasteiger partial charge in [-0.15, -0.1) is 0 Å². The number of hydrogen-bond donors (Lipinski definition) is 1. The Balaban J connectivity index is 2.80. The number of aromatic amines is 1. The van der Waals surface area contributed by atoms with E-state index in [-0.39, 0.29) is 6.10 Å². The largest absolute Gasteiger partial charge is 0.475 e. The molecule has 1 N–H and O–H groups in total. The van der Waals surface area contributed by atoms with Gasteiger partial charge in [0.15, 0.2) is 4.77 Å². The lowest BCUT2D eigenvalue weighted by Crippen LogP contribution is -2.06. The number of aromatic nitrogens is 2. The molecule has 0 bridgehead atoms. The van der Waals surface area contributed by atoms with Gasteiger partial charge in [-0.05, 0) is 26.1 Å². The first-order valence-electron chi connectivity index (χ1n) is 3.41. The van der Waals surface area contributed by atoms with Crippen LogP contribution in [0.25, 0.3) is 0 Å². The number of rotatable bonds is 2. The van der Waals surface area contributed by atoms with E-state index < -0.39 is 0 Å². The second-order valence-corrected chi connectivity index (χ2v) is 2.79. The number of nitrogens with zero attached hydrogens (tertiary/aromatic N) is 1. The van der Waals surface area contributed by atoms with Crippen molar-refractivity contribution in [2.75, 3.05) is 0 Å². The van der Waals surface area contributed by atoms with Gasteiger partial charge in [0.2, 0.25) is 5.88 Å². The Morgan fingerprint density at radius 3 is 2.91 bits per heavy atom. The molecule has 0 aliphatic carbocycles. The first kappa shape index (κ1) is 8.20. The van der Waals surface area contributed by atoms with Crippen LogP contribution in [-0.2, 0) is 0 Å². The summed E-state index contributed by atoms with van der Waals surface area (Å²) in [6.07, 6.45) is 1.85. The summed E-state index contributed by atoms with van der Waals surface area (Å²) >= 11 is 4.81. The van der Waals surface area contributed by atoms with Gasteiger partial charge in [-0.25, -0.2) is 0 Å². The SMILES string of the molecule is CC(C)Oc1cc[nH]c(=S)n1. The number of ether oxygens (including phenoxy) is 1. The molecule has 0 fully saturated rings. The zero-order valence-corrected chi connectivity index (χ0v) is 7.31. The van der Waals surface area contributed by atoms with Gasteiger partial charge in [-0.1, -0.05) is 0 Å². The van der Waals surface area contributed by atoms with E-state index in [4.69, 9.17) is 17.0 Å². The van der Waals surface area contributed by atoms with Crippen molar-refractivity contribution in [3.8, 4) is 5.88 Å². The van der Waals surface area contributed by atoms with Crippen molar-refractivity contribution in [1.29, 1.82) is 0 Å². The van der Waals surface area contributed by atoms with Crippen LogP contribution >= 0.6 is 12.2 Å². The third-order valence-electron chi connectivity index (χ3n) is 1.00. The Bertz CT molecular complexity index is 282. The van der Waals surface area contributed by atoms with Crippen molar-refractivity contribution in [3.05, 3.63) is 17.0 Å². The Kier molecular flexibility index (Phi) is 2.59. The Labute approximate surface area is 70.4 Å². The highest BCUT2D eigenvalue weighted by atomic mass is 32.1. The lowest BCUT2D eigenvalue weighted by atomic mass is 10.5. The van der Waals surface area contributed by atoms with Gasteiger partial charge >= 0.3 is 0 Å². The van der Waals surface area contributed by atoms with E-state index >= 15 is 0 Å². The van der Waals surface area contributed by atoms with Crippen molar-refractivity contribution in [1.82, 2.24) is 9.97 Å². The van der Waals surface area contributed by atoms with E-state index in [2.05, 4.69) is 9.97 Å². The van der Waals surface area contributed by atoms with Crippen molar-refractivity contribution < 1.29 is 4.74 Å². The molecule has 1 aromatic heterocycles. The van der Waals surface area contributed by atoms with Crippen LogP contribution < -0.4 is 4.74 Å². The summed E-state index contributed by atoms with van der Waals surface area (Å²) in [6.45, 7) is 3.89. The number of H-pyrrole nitrogens is 1. The maximum absolute atomic E-state index is 5.30. The molecule has 1 heterocycles. The minimum Gasteiger partial charge on any atom is -0.475 e. The van der Waals surface area contributed by atoms with Gasteiger partial charge in [0, 0.05) is 12.3 Å². The van der Waals surface area contributed by atoms with Crippen LogP contribution in [0.3, 0.4) is 0 Å². The quantitative estimate of drug-likeness (QED) is 0.689. The van der Waals surface area contributed by atoms with E-state index in [1.54, 1.807) is 12.3 Å². The standard InChI is InChI=1S/C7H10N2OS/c1-5(2)10-6-3-4-8-7(11)9-6/h3-5H,1-2H3,(H,8,9,11). The fourth-order valence-corrected chi connectivity index (χ4v) is 0.819. The monoisotopic (exact) mass is 170 g/mol. The molecule has 1 rings (SSSR count). The van der Waals surface area contributed by atoms with Crippen LogP contribution in [0.4, 0.5) is 0 Å². The van der Waals surface area contributed by atoms with Crippen molar-refractivity contribution in [2.24, 2.45) is 0 Å². The van der Waals surface area contributed by atoms with Crippen molar-refractivity contribution in [3.63, 3.8) is 0 Å². The zero-order valence-electron chi connectivity index (χ0n) is 6.50. The molecule has 4 heteroatoms. The fourth-order valence-electron chi connectivity index (χ4n) is 0.661. The Hall–Kier alpha value is -0.900. The molecular weight excluding hydrogens is 160 g/mol. The highest BCUT2D eigenvalue weighted by Gasteiger charge is 1.96. The first-order valence-corrected chi connectivity index (χ1v) is 3.81. The van der Waals surface area contributed by atoms with Crippen LogP contribution in [0, 0.1) is 4.77 Å². The van der Waals surface area contributed by atoms with Crippen molar-refractivity contribution >= 4 is 12.2 Å². The van der Waals surface area contributed by atoms with E-state index in [0.29, 0.717) is 10.7 Å². The molecule has 0 aromatic carbocycles. The van der Waals surface area contributed by atoms with E-state index in [0.717, 1.165) is 0 Å². The molecule has 3 nitrogen and oxygen atoms in total. The van der Waals surface area contributed by atoms with Gasteiger partial charge in [0.05, 0.1) is 6.10 Å². The normalized spacial score (nSPS) is 10.1. The molecule has 0 atom stereocenters. The van der Waals surface area contributed by atoms with Crippen LogP contribution in [0.1, 0.15) is 13.8 Å². The number of nitrogens with one attached hydrogen (secondary N) is 1. The predicted octanol–water partition coefficient (Wildman–Crippen LogP) is 1.93. The van der Waals surface area contributed by atoms with Crippen LogP contribution in [0.15, 0.2) is 12.3 Å². The minimum atomic E-state index is 0.138. The maximum atomic E-state index is 5.30. The summed E-state index contributed by atoms with van der Waals surface area (Å²) in [4.78, 5) is 6.72. The van der Waals surface area contributed by atoms with Crippen molar-refractivity contribution in [2.45, 2.75) is 20.0 Å². The van der Waals surface area contributed by atoms with Crippen LogP contribution in [-0.4, -0.2) is 16.1 Å². The van der Waals surface area contributed by atoms with E-state index in [1.165, 1.54) is 0 Å². The molecule has 0 radical (unpaired) electrons. The van der Waals surface area contributed by atoms with E-state index in [9.17, 15) is 0 Å². The summed E-state index contributed by atoms with van der Waals surface area (Å²) in [6, 6.07) is 1.75. The third kappa shape index (κ3) is 2.67. The van der Waals surface area contributed by atoms with Gasteiger partial charge in [0.1, 0.15) is 0 Å². The summed E-state index contributed by atoms with van der Waals surface area (Å²) in [5, 5.41) is 0. The van der Waals surface area contributed by atoms with E-state index in [1.807, 2.05) is 13.8 Å². The molecule has 0 unspecified atom stereocenters. The molecule has 0 spiro atoms. The summed E-state index contributed by atoms with van der Waals surface area (Å²) < 4.78 is 5.74. The second-order valence-electron chi connectivity index (χ2n) is 2.40. The molecule has 0 aliphatic rings. The van der Waals surface area contributed by atoms with Crippen LogP contribution in [0.2, 0.25) is 0 Å². The fraction of sp³-hybridized carbons (Fsp3) is 0.429. The zero-order chi connectivity index (χ0) is 8.27. The summed E-state index contributed by atoms with van der Waals surface area (Å²) in [5.41, 5.74) is 0. The first-order chi connectivity index (χ1) is 5.18. The number of hydrogen-bond acceptors (Lipinski definition) is 3. The average Bonchev–Trinajstić information content (AvgIpc) is 1.85. The Morgan fingerprint density at radius 2 is 2.36 bits per heavy atom. The highest BCUT2D eigenvalue weighted by Crippen LogP contribution is 2.04. The molecule has 11 heavy (non-hydrogen) atoms. The van der Waals surface area contributed by atoms with Gasteiger partial charge in [-0.2, -0.15) is 4.98 Å². The topological polar surface area (TPSA) is 37.9 Å². The van der Waals surface area contributed by atoms with Crippen LogP contribution in [0.5, 0.6) is 5.88 Å². The minimum absolute atomic E-state index is 0.138. The van der Waals surface area contributed by atoms with Gasteiger partial charge < -0.3 is 9.72 Å². The molecule has 0 amide bonds. The average molecular weight is 170 g/mol. The lowest BCUT2D eigenvalue weighted by Gasteiger charge is -2.06. The molecular formula is C7H10N2OS. The summed E-state index contributed by atoms with van der Waals surface area (Å²) in [5.74, 6) is 0.573. The smallest absolute Gasteiger partial charge is 0.217 e. The molecule has 60 valence electrons. The summed E-state index contributed by atoms with van der Waals surface area (Å²) in [7, 11) is 0. The third-order valence-corrected chi connectivity index (χ3v) is 1.21. The Morgan fingerprint density at radius 1 is 1.64 bits per heavy atom. The maximum Gasteiger partial charge on any atom is 0.217 e. The van der Waals surface area contributed by atoms with Gasteiger partial charge in [0.25, 0.3) is 0 Å².